The Morgan fingerprint density at radius 3 is 2.45 bits per heavy atom. The van der Waals surface area contributed by atoms with Crippen molar-refractivity contribution in [2.24, 2.45) is 0 Å². The fraction of sp³-hybridized carbons (Fsp3) is 0.190. The number of carbonyl (C=O) groups excluding carboxylic acids is 1. The minimum Gasteiger partial charge on any atom is -0.321 e. The monoisotopic (exact) mass is 398 g/mol. The number of hydrogen-bond acceptors (Lipinski definition) is 4. The van der Waals surface area contributed by atoms with Gasteiger partial charge in [0.25, 0.3) is 5.91 Å². The molecule has 1 N–H and O–H groups in total. The third-order valence-corrected chi connectivity index (χ3v) is 4.80. The molecule has 29 heavy (non-hydrogen) atoms. The molecule has 2 heterocycles. The molecule has 2 aromatic carbocycles. The summed E-state index contributed by atoms with van der Waals surface area (Å²) in [7, 11) is 0. The number of para-hydroxylation sites is 2. The molecule has 1 unspecified atom stereocenters. The Balaban J connectivity index is 1.56. The van der Waals surface area contributed by atoms with E-state index in [4.69, 9.17) is 0 Å². The first-order valence-electron chi connectivity index (χ1n) is 9.01. The molecule has 8 heteroatoms. The Morgan fingerprint density at radius 1 is 1.07 bits per heavy atom. The predicted molar refractivity (Wildman–Crippen MR) is 103 cm³/mol. The molecule has 1 aliphatic heterocycles. The Morgan fingerprint density at radius 2 is 1.72 bits per heavy atom. The van der Waals surface area contributed by atoms with Crippen molar-refractivity contribution in [1.82, 2.24) is 9.97 Å². The summed E-state index contributed by atoms with van der Waals surface area (Å²) in [5.41, 5.74) is 1.06. The highest BCUT2D eigenvalue weighted by molar-refractivity contribution is 6.04. The number of carbonyl (C=O) groups is 1. The van der Waals surface area contributed by atoms with Gasteiger partial charge in [-0.05, 0) is 37.1 Å². The number of alkyl halides is 3. The van der Waals surface area contributed by atoms with Crippen LogP contribution in [0.3, 0.4) is 0 Å². The van der Waals surface area contributed by atoms with Gasteiger partial charge < -0.3 is 10.2 Å². The van der Waals surface area contributed by atoms with Crippen LogP contribution in [0.15, 0.2) is 60.9 Å². The predicted octanol–water partition coefficient (Wildman–Crippen LogP) is 4.83. The number of fused-ring (bicyclic) bond motifs is 1. The summed E-state index contributed by atoms with van der Waals surface area (Å²) in [5.74, 6) is -0.266. The summed E-state index contributed by atoms with van der Waals surface area (Å²) in [6.07, 6.45) is -1.07. The van der Waals surface area contributed by atoms with Crippen molar-refractivity contribution < 1.29 is 18.0 Å². The lowest BCUT2D eigenvalue weighted by atomic mass is 10.1. The van der Waals surface area contributed by atoms with E-state index in [1.165, 1.54) is 36.2 Å². The van der Waals surface area contributed by atoms with Crippen molar-refractivity contribution in [3.8, 4) is 0 Å². The number of rotatable bonds is 3. The number of aromatic nitrogens is 2. The quantitative estimate of drug-likeness (QED) is 0.687. The van der Waals surface area contributed by atoms with Crippen LogP contribution in [0.5, 0.6) is 0 Å². The van der Waals surface area contributed by atoms with Gasteiger partial charge >= 0.3 is 6.18 Å². The van der Waals surface area contributed by atoms with Crippen LogP contribution in [0.2, 0.25) is 0 Å². The zero-order valence-corrected chi connectivity index (χ0v) is 15.4. The average Bonchev–Trinajstić information content (AvgIpc) is 3.03. The van der Waals surface area contributed by atoms with E-state index >= 15 is 0 Å². The average molecular weight is 398 g/mol. The maximum Gasteiger partial charge on any atom is 0.418 e. The van der Waals surface area contributed by atoms with Crippen LogP contribution in [0.4, 0.5) is 30.5 Å². The SMILES string of the molecule is CC1Cc2ccccc2N1c1ncc(C(=O)Nc2ccccc2C(F)(F)F)cn1. The second kappa shape index (κ2) is 7.20. The summed E-state index contributed by atoms with van der Waals surface area (Å²) in [6.45, 7) is 2.05. The van der Waals surface area contributed by atoms with E-state index in [0.717, 1.165) is 18.2 Å². The molecule has 5 nitrogen and oxygen atoms in total. The fourth-order valence-electron chi connectivity index (χ4n) is 3.47. The lowest BCUT2D eigenvalue weighted by molar-refractivity contribution is -0.136. The summed E-state index contributed by atoms with van der Waals surface area (Å²) in [6, 6.07) is 12.9. The maximum absolute atomic E-state index is 13.1. The minimum absolute atomic E-state index is 0.0749. The van der Waals surface area contributed by atoms with E-state index in [9.17, 15) is 18.0 Å². The van der Waals surface area contributed by atoms with Gasteiger partial charge in [-0.2, -0.15) is 13.2 Å². The second-order valence-electron chi connectivity index (χ2n) is 6.82. The topological polar surface area (TPSA) is 58.1 Å². The molecule has 0 saturated carbocycles. The van der Waals surface area contributed by atoms with Crippen molar-refractivity contribution in [2.45, 2.75) is 25.6 Å². The number of hydrogen-bond donors (Lipinski definition) is 1. The number of benzene rings is 2. The van der Waals surface area contributed by atoms with E-state index in [1.807, 2.05) is 29.2 Å². The molecule has 1 amide bonds. The first kappa shape index (κ1) is 18.9. The lowest BCUT2D eigenvalue weighted by Gasteiger charge is -2.22. The Kier molecular flexibility index (Phi) is 4.70. The summed E-state index contributed by atoms with van der Waals surface area (Å²) in [5, 5.41) is 2.29. The zero-order chi connectivity index (χ0) is 20.6. The first-order valence-corrected chi connectivity index (χ1v) is 9.01. The third-order valence-electron chi connectivity index (χ3n) is 4.80. The van der Waals surface area contributed by atoms with Gasteiger partial charge in [-0.25, -0.2) is 9.97 Å². The smallest absolute Gasteiger partial charge is 0.321 e. The largest absolute Gasteiger partial charge is 0.418 e. The van der Waals surface area contributed by atoms with Gasteiger partial charge in [0, 0.05) is 24.1 Å². The van der Waals surface area contributed by atoms with E-state index in [0.29, 0.717) is 5.95 Å². The highest BCUT2D eigenvalue weighted by Crippen LogP contribution is 2.36. The van der Waals surface area contributed by atoms with Gasteiger partial charge in [0.2, 0.25) is 5.95 Å². The van der Waals surface area contributed by atoms with Gasteiger partial charge in [-0.15, -0.1) is 0 Å². The highest BCUT2D eigenvalue weighted by atomic mass is 19.4. The van der Waals surface area contributed by atoms with Crippen LogP contribution in [-0.4, -0.2) is 21.9 Å². The van der Waals surface area contributed by atoms with E-state index in [2.05, 4.69) is 22.2 Å². The molecule has 0 fully saturated rings. The highest BCUT2D eigenvalue weighted by Gasteiger charge is 2.34. The van der Waals surface area contributed by atoms with Crippen molar-refractivity contribution in [1.29, 1.82) is 0 Å². The van der Waals surface area contributed by atoms with Gasteiger partial charge in [0.1, 0.15) is 0 Å². The normalized spacial score (nSPS) is 15.9. The van der Waals surface area contributed by atoms with Crippen LogP contribution < -0.4 is 10.2 Å². The van der Waals surface area contributed by atoms with E-state index in [-0.39, 0.29) is 17.3 Å². The summed E-state index contributed by atoms with van der Waals surface area (Å²) in [4.78, 5) is 22.9. The molecule has 0 aliphatic carbocycles. The minimum atomic E-state index is -4.57. The van der Waals surface area contributed by atoms with Crippen LogP contribution in [-0.2, 0) is 12.6 Å². The molecule has 0 saturated heterocycles. The van der Waals surface area contributed by atoms with E-state index in [1.54, 1.807) is 0 Å². The molecule has 3 aromatic rings. The van der Waals surface area contributed by atoms with Gasteiger partial charge in [-0.3, -0.25) is 4.79 Å². The second-order valence-corrected chi connectivity index (χ2v) is 6.82. The van der Waals surface area contributed by atoms with Crippen molar-refractivity contribution in [3.63, 3.8) is 0 Å². The Labute approximate surface area is 165 Å². The molecule has 148 valence electrons. The van der Waals surface area contributed by atoms with Gasteiger partial charge in [0.15, 0.2) is 0 Å². The molecule has 0 bridgehead atoms. The lowest BCUT2D eigenvalue weighted by Crippen LogP contribution is -2.26. The fourth-order valence-corrected chi connectivity index (χ4v) is 3.47. The third kappa shape index (κ3) is 3.65. The summed E-state index contributed by atoms with van der Waals surface area (Å²) >= 11 is 0. The molecule has 4 rings (SSSR count). The van der Waals surface area contributed by atoms with Crippen molar-refractivity contribution in [2.75, 3.05) is 10.2 Å². The van der Waals surface area contributed by atoms with Crippen LogP contribution in [0, 0.1) is 0 Å². The molecule has 1 aliphatic rings. The van der Waals surface area contributed by atoms with Gasteiger partial charge in [0.05, 0.1) is 16.8 Å². The number of nitrogens with zero attached hydrogens (tertiary/aromatic N) is 3. The number of nitrogens with one attached hydrogen (secondary N) is 1. The van der Waals surface area contributed by atoms with Gasteiger partial charge in [-0.1, -0.05) is 30.3 Å². The van der Waals surface area contributed by atoms with Crippen LogP contribution >= 0.6 is 0 Å². The number of amides is 1. The first-order chi connectivity index (χ1) is 13.8. The van der Waals surface area contributed by atoms with Crippen LogP contribution in [0.25, 0.3) is 0 Å². The molecule has 0 radical (unpaired) electrons. The van der Waals surface area contributed by atoms with Crippen LogP contribution in [0.1, 0.15) is 28.4 Å². The summed E-state index contributed by atoms with van der Waals surface area (Å²) < 4.78 is 39.3. The molecular weight excluding hydrogens is 381 g/mol. The van der Waals surface area contributed by atoms with E-state index < -0.39 is 17.6 Å². The number of anilines is 3. The molecule has 0 spiro atoms. The Hall–Kier alpha value is -3.42. The Bertz CT molecular complexity index is 1050. The van der Waals surface area contributed by atoms with Crippen molar-refractivity contribution >= 4 is 23.2 Å². The number of halogens is 3. The standard InChI is InChI=1S/C21H17F3N4O/c1-13-10-14-6-2-5-9-18(14)28(13)20-25-11-15(12-26-20)19(29)27-17-8-4-3-7-16(17)21(22,23)24/h2-9,11-13H,10H2,1H3,(H,27,29). The molecule has 1 aromatic heterocycles. The van der Waals surface area contributed by atoms with Crippen molar-refractivity contribution in [3.05, 3.63) is 77.6 Å². The zero-order valence-electron chi connectivity index (χ0n) is 15.4. The maximum atomic E-state index is 13.1. The molecular formula is C21H17F3N4O. The molecule has 1 atom stereocenters.